The SMILES string of the molecule is Cc1cc(Br)cc(C)c1C1OCCCO1. The van der Waals surface area contributed by atoms with Crippen LogP contribution in [0.3, 0.4) is 0 Å². The van der Waals surface area contributed by atoms with Gasteiger partial charge in [-0.15, -0.1) is 0 Å². The predicted octanol–water partition coefficient (Wildman–Crippen LogP) is 3.50. The second-order valence-electron chi connectivity index (χ2n) is 3.88. The van der Waals surface area contributed by atoms with Gasteiger partial charge >= 0.3 is 0 Å². The third kappa shape index (κ3) is 2.41. The van der Waals surface area contributed by atoms with Crippen LogP contribution in [0.1, 0.15) is 29.4 Å². The molecule has 1 fully saturated rings. The molecule has 0 amide bonds. The standard InChI is InChI=1S/C12H15BrO2/c1-8-6-10(13)7-9(2)11(8)12-14-4-3-5-15-12/h6-7,12H,3-5H2,1-2H3. The van der Waals surface area contributed by atoms with Gasteiger partial charge in [-0.25, -0.2) is 0 Å². The molecule has 3 heteroatoms. The maximum Gasteiger partial charge on any atom is 0.184 e. The quantitative estimate of drug-likeness (QED) is 0.778. The Hall–Kier alpha value is -0.380. The Morgan fingerprint density at radius 3 is 2.20 bits per heavy atom. The van der Waals surface area contributed by atoms with Gasteiger partial charge in [-0.1, -0.05) is 15.9 Å². The van der Waals surface area contributed by atoms with Crippen molar-refractivity contribution < 1.29 is 9.47 Å². The molecule has 82 valence electrons. The lowest BCUT2D eigenvalue weighted by molar-refractivity contribution is -0.183. The summed E-state index contributed by atoms with van der Waals surface area (Å²) in [6.45, 7) is 5.77. The molecular weight excluding hydrogens is 256 g/mol. The minimum atomic E-state index is -0.174. The van der Waals surface area contributed by atoms with Crippen LogP contribution in [0.4, 0.5) is 0 Å². The van der Waals surface area contributed by atoms with Gasteiger partial charge in [0, 0.05) is 10.0 Å². The highest BCUT2D eigenvalue weighted by Gasteiger charge is 2.20. The van der Waals surface area contributed by atoms with E-state index < -0.39 is 0 Å². The lowest BCUT2D eigenvalue weighted by atomic mass is 10.0. The molecule has 0 unspecified atom stereocenters. The molecule has 0 aliphatic carbocycles. The van der Waals surface area contributed by atoms with Crippen LogP contribution in [0, 0.1) is 13.8 Å². The molecule has 1 saturated heterocycles. The Balaban J connectivity index is 2.33. The zero-order chi connectivity index (χ0) is 10.8. The Labute approximate surface area is 98.7 Å². The average Bonchev–Trinajstić information content (AvgIpc) is 2.17. The highest BCUT2D eigenvalue weighted by molar-refractivity contribution is 9.10. The molecule has 0 radical (unpaired) electrons. The van der Waals surface area contributed by atoms with E-state index in [-0.39, 0.29) is 6.29 Å². The summed E-state index contributed by atoms with van der Waals surface area (Å²) in [5.74, 6) is 0. The van der Waals surface area contributed by atoms with Crippen LogP contribution in [0.5, 0.6) is 0 Å². The van der Waals surface area contributed by atoms with Crippen molar-refractivity contribution in [2.24, 2.45) is 0 Å². The summed E-state index contributed by atoms with van der Waals surface area (Å²) in [4.78, 5) is 0. The van der Waals surface area contributed by atoms with Crippen molar-refractivity contribution in [2.75, 3.05) is 13.2 Å². The van der Waals surface area contributed by atoms with Crippen molar-refractivity contribution in [3.8, 4) is 0 Å². The summed E-state index contributed by atoms with van der Waals surface area (Å²) in [5, 5.41) is 0. The van der Waals surface area contributed by atoms with E-state index in [1.165, 1.54) is 16.7 Å². The molecule has 0 saturated carbocycles. The molecule has 15 heavy (non-hydrogen) atoms. The Bertz CT molecular complexity index is 334. The number of benzene rings is 1. The van der Waals surface area contributed by atoms with Gasteiger partial charge in [-0.2, -0.15) is 0 Å². The fourth-order valence-corrected chi connectivity index (χ4v) is 2.63. The second-order valence-corrected chi connectivity index (χ2v) is 4.80. The first-order valence-corrected chi connectivity index (χ1v) is 5.97. The van der Waals surface area contributed by atoms with Crippen LogP contribution in [0.25, 0.3) is 0 Å². The summed E-state index contributed by atoms with van der Waals surface area (Å²) in [6.07, 6.45) is 0.817. The fourth-order valence-electron chi connectivity index (χ4n) is 1.95. The number of rotatable bonds is 1. The van der Waals surface area contributed by atoms with Gasteiger partial charge < -0.3 is 9.47 Å². The molecule has 0 bridgehead atoms. The first-order valence-electron chi connectivity index (χ1n) is 5.18. The third-order valence-electron chi connectivity index (χ3n) is 2.62. The predicted molar refractivity (Wildman–Crippen MR) is 62.9 cm³/mol. The lowest BCUT2D eigenvalue weighted by Crippen LogP contribution is -2.19. The van der Waals surface area contributed by atoms with Gasteiger partial charge in [-0.3, -0.25) is 0 Å². The van der Waals surface area contributed by atoms with Crippen LogP contribution in [0.15, 0.2) is 16.6 Å². The fraction of sp³-hybridized carbons (Fsp3) is 0.500. The molecular formula is C12H15BrO2. The molecule has 1 aliphatic rings. The minimum absolute atomic E-state index is 0.174. The van der Waals surface area contributed by atoms with Crippen LogP contribution in [-0.2, 0) is 9.47 Å². The topological polar surface area (TPSA) is 18.5 Å². The van der Waals surface area contributed by atoms with Crippen LogP contribution < -0.4 is 0 Å². The van der Waals surface area contributed by atoms with E-state index in [9.17, 15) is 0 Å². The number of halogens is 1. The molecule has 1 aliphatic heterocycles. The molecule has 0 spiro atoms. The van der Waals surface area contributed by atoms with Crippen molar-refractivity contribution in [3.05, 3.63) is 33.3 Å². The summed E-state index contributed by atoms with van der Waals surface area (Å²) < 4.78 is 12.4. The van der Waals surface area contributed by atoms with Gasteiger partial charge in [0.2, 0.25) is 0 Å². The summed E-state index contributed by atoms with van der Waals surface area (Å²) in [7, 11) is 0. The maximum atomic E-state index is 5.63. The van der Waals surface area contributed by atoms with E-state index in [2.05, 4.69) is 41.9 Å². The molecule has 2 nitrogen and oxygen atoms in total. The molecule has 0 atom stereocenters. The van der Waals surface area contributed by atoms with E-state index >= 15 is 0 Å². The third-order valence-corrected chi connectivity index (χ3v) is 3.08. The zero-order valence-electron chi connectivity index (χ0n) is 9.05. The first-order chi connectivity index (χ1) is 7.18. The van der Waals surface area contributed by atoms with Gasteiger partial charge in [0.1, 0.15) is 0 Å². The average molecular weight is 271 g/mol. The monoisotopic (exact) mass is 270 g/mol. The van der Waals surface area contributed by atoms with Crippen molar-refractivity contribution in [2.45, 2.75) is 26.6 Å². The minimum Gasteiger partial charge on any atom is -0.348 e. The summed E-state index contributed by atoms with van der Waals surface area (Å²) >= 11 is 3.49. The number of hydrogen-bond acceptors (Lipinski definition) is 2. The summed E-state index contributed by atoms with van der Waals surface area (Å²) in [6, 6.07) is 4.20. The molecule has 2 rings (SSSR count). The summed E-state index contributed by atoms with van der Waals surface area (Å²) in [5.41, 5.74) is 3.61. The molecule has 1 heterocycles. The highest BCUT2D eigenvalue weighted by Crippen LogP contribution is 2.30. The van der Waals surface area contributed by atoms with Gasteiger partial charge in [-0.05, 0) is 43.5 Å². The van der Waals surface area contributed by atoms with Gasteiger partial charge in [0.25, 0.3) is 0 Å². The Morgan fingerprint density at radius 2 is 1.67 bits per heavy atom. The van der Waals surface area contributed by atoms with E-state index in [4.69, 9.17) is 9.47 Å². The maximum absolute atomic E-state index is 5.63. The molecule has 1 aromatic carbocycles. The number of hydrogen-bond donors (Lipinski definition) is 0. The lowest BCUT2D eigenvalue weighted by Gasteiger charge is -2.26. The highest BCUT2D eigenvalue weighted by atomic mass is 79.9. The van der Waals surface area contributed by atoms with E-state index in [1.54, 1.807) is 0 Å². The van der Waals surface area contributed by atoms with E-state index in [0.717, 1.165) is 24.1 Å². The second kappa shape index (κ2) is 4.64. The first kappa shape index (κ1) is 11.1. The molecule has 1 aromatic rings. The Morgan fingerprint density at radius 1 is 1.13 bits per heavy atom. The number of aryl methyl sites for hydroxylation is 2. The molecule has 0 aromatic heterocycles. The van der Waals surface area contributed by atoms with Crippen molar-refractivity contribution in [1.82, 2.24) is 0 Å². The van der Waals surface area contributed by atoms with Crippen molar-refractivity contribution in [3.63, 3.8) is 0 Å². The van der Waals surface area contributed by atoms with Gasteiger partial charge in [0.05, 0.1) is 13.2 Å². The van der Waals surface area contributed by atoms with Crippen LogP contribution >= 0.6 is 15.9 Å². The van der Waals surface area contributed by atoms with Crippen LogP contribution in [0.2, 0.25) is 0 Å². The smallest absolute Gasteiger partial charge is 0.184 e. The van der Waals surface area contributed by atoms with Crippen LogP contribution in [-0.4, -0.2) is 13.2 Å². The zero-order valence-corrected chi connectivity index (χ0v) is 10.6. The van der Waals surface area contributed by atoms with Crippen molar-refractivity contribution >= 4 is 15.9 Å². The normalized spacial score (nSPS) is 18.1. The largest absolute Gasteiger partial charge is 0.348 e. The van der Waals surface area contributed by atoms with Crippen molar-refractivity contribution in [1.29, 1.82) is 0 Å². The van der Waals surface area contributed by atoms with E-state index in [0.29, 0.717) is 0 Å². The molecule has 0 N–H and O–H groups in total. The van der Waals surface area contributed by atoms with Gasteiger partial charge in [0.15, 0.2) is 6.29 Å². The number of ether oxygens (including phenoxy) is 2. The van der Waals surface area contributed by atoms with E-state index in [1.807, 2.05) is 0 Å². The Kier molecular flexibility index (Phi) is 3.44.